The molecule has 1 saturated carbocycles. The molecule has 3 nitrogen and oxygen atoms in total. The zero-order valence-corrected chi connectivity index (χ0v) is 13.0. The van der Waals surface area contributed by atoms with Gasteiger partial charge in [0.1, 0.15) is 11.6 Å². The van der Waals surface area contributed by atoms with E-state index in [1.165, 1.54) is 0 Å². The maximum absolute atomic E-state index is 13.7. The molecule has 6 heteroatoms. The lowest BCUT2D eigenvalue weighted by Crippen LogP contribution is -2.46. The number of carbonyl (C=O) groups is 1. The monoisotopic (exact) mass is 324 g/mol. The lowest BCUT2D eigenvalue weighted by molar-refractivity contribution is 0.0867. The summed E-state index contributed by atoms with van der Waals surface area (Å²) in [5.74, 6) is -1.81. The molecular weight excluding hydrogens is 306 g/mol. The van der Waals surface area contributed by atoms with Crippen molar-refractivity contribution < 1.29 is 13.6 Å². The fourth-order valence-electron chi connectivity index (χ4n) is 2.74. The number of likely N-dealkylation sites (tertiary alicyclic amines) is 1. The van der Waals surface area contributed by atoms with Crippen LogP contribution in [0.2, 0.25) is 0 Å². The van der Waals surface area contributed by atoms with Gasteiger partial charge in [-0.2, -0.15) is 0 Å². The second-order valence-corrected chi connectivity index (χ2v) is 6.36. The molecule has 1 aliphatic carbocycles. The first-order valence-corrected chi connectivity index (χ1v) is 8.00. The first-order chi connectivity index (χ1) is 10.5. The minimum atomic E-state index is -0.653. The third kappa shape index (κ3) is 3.43. The van der Waals surface area contributed by atoms with Crippen molar-refractivity contribution in [3.8, 4) is 0 Å². The molecule has 1 aromatic rings. The highest BCUT2D eigenvalue weighted by Crippen LogP contribution is 2.25. The third-order valence-electron chi connectivity index (χ3n) is 4.25. The van der Waals surface area contributed by atoms with E-state index in [-0.39, 0.29) is 17.3 Å². The minimum absolute atomic E-state index is 0.142. The number of rotatable bonds is 3. The Morgan fingerprint density at radius 1 is 1.18 bits per heavy atom. The highest BCUT2D eigenvalue weighted by molar-refractivity contribution is 7.80. The van der Waals surface area contributed by atoms with E-state index in [0.29, 0.717) is 32.0 Å². The van der Waals surface area contributed by atoms with E-state index in [2.05, 4.69) is 10.2 Å². The van der Waals surface area contributed by atoms with Crippen LogP contribution in [0.3, 0.4) is 0 Å². The number of thiocarbonyl (C=S) groups is 1. The average molecular weight is 324 g/mol. The molecule has 0 bridgehead atoms. The predicted octanol–water partition coefficient (Wildman–Crippen LogP) is 2.90. The zero-order chi connectivity index (χ0) is 15.7. The van der Waals surface area contributed by atoms with Crippen molar-refractivity contribution in [2.75, 3.05) is 13.1 Å². The lowest BCUT2D eigenvalue weighted by Gasteiger charge is -2.33. The summed E-state index contributed by atoms with van der Waals surface area (Å²) in [5.41, 5.74) is -0.142. The van der Waals surface area contributed by atoms with E-state index < -0.39 is 11.6 Å². The average Bonchev–Trinajstić information content (AvgIpc) is 3.33. The Labute approximate surface area is 133 Å². The van der Waals surface area contributed by atoms with Crippen LogP contribution in [0.5, 0.6) is 0 Å². The van der Waals surface area contributed by atoms with Gasteiger partial charge in [-0.05, 0) is 56.1 Å². The summed E-state index contributed by atoms with van der Waals surface area (Å²) in [5, 5.41) is 4.02. The third-order valence-corrected chi connectivity index (χ3v) is 4.63. The maximum Gasteiger partial charge on any atom is 0.169 e. The van der Waals surface area contributed by atoms with Gasteiger partial charge in [0.2, 0.25) is 0 Å². The summed E-state index contributed by atoms with van der Waals surface area (Å²) in [4.78, 5) is 14.4. The fraction of sp³-hybridized carbons (Fsp3) is 0.500. The zero-order valence-electron chi connectivity index (χ0n) is 12.1. The molecule has 118 valence electrons. The molecule has 0 unspecified atom stereocenters. The molecule has 0 aromatic heterocycles. The Hall–Kier alpha value is -1.56. The Morgan fingerprint density at radius 2 is 1.86 bits per heavy atom. The molecule has 1 aromatic carbocycles. The number of carbonyl (C=O) groups excluding carboxylic acids is 1. The molecule has 22 heavy (non-hydrogen) atoms. The molecule has 3 rings (SSSR count). The Balaban J connectivity index is 1.59. The van der Waals surface area contributed by atoms with Gasteiger partial charge in [-0.25, -0.2) is 8.78 Å². The van der Waals surface area contributed by atoms with Crippen LogP contribution >= 0.6 is 12.2 Å². The molecular formula is C16H18F2N2OS. The Kier molecular flexibility index (Phi) is 4.38. The summed E-state index contributed by atoms with van der Waals surface area (Å²) in [6, 6.07) is 3.53. The normalized spacial score (nSPS) is 19.1. The molecule has 1 saturated heterocycles. The van der Waals surface area contributed by atoms with Crippen LogP contribution in [0, 0.1) is 17.6 Å². The number of benzene rings is 1. The molecule has 0 radical (unpaired) electrons. The van der Waals surface area contributed by atoms with Gasteiger partial charge in [-0.1, -0.05) is 0 Å². The lowest BCUT2D eigenvalue weighted by atomic mass is 9.89. The topological polar surface area (TPSA) is 32.3 Å². The van der Waals surface area contributed by atoms with Gasteiger partial charge >= 0.3 is 0 Å². The van der Waals surface area contributed by atoms with Gasteiger partial charge in [0.05, 0.1) is 5.56 Å². The van der Waals surface area contributed by atoms with Crippen molar-refractivity contribution in [1.82, 2.24) is 10.2 Å². The highest BCUT2D eigenvalue weighted by atomic mass is 32.1. The molecule has 0 atom stereocenters. The molecule has 1 heterocycles. The van der Waals surface area contributed by atoms with Crippen molar-refractivity contribution in [2.45, 2.75) is 31.7 Å². The van der Waals surface area contributed by atoms with Gasteiger partial charge in [-0.15, -0.1) is 0 Å². The minimum Gasteiger partial charge on any atom is -0.360 e. The largest absolute Gasteiger partial charge is 0.360 e. The summed E-state index contributed by atoms with van der Waals surface area (Å²) in [6.45, 7) is 1.35. The summed E-state index contributed by atoms with van der Waals surface area (Å²) in [6.07, 6.45) is 3.55. The second kappa shape index (κ2) is 6.28. The van der Waals surface area contributed by atoms with Gasteiger partial charge in [-0.3, -0.25) is 4.79 Å². The van der Waals surface area contributed by atoms with Crippen LogP contribution in [0.15, 0.2) is 18.2 Å². The van der Waals surface area contributed by atoms with Crippen LogP contribution < -0.4 is 5.32 Å². The molecule has 0 amide bonds. The standard InChI is InChI=1S/C16H18F2N2OS/c17-11-1-4-14(18)13(9-11)15(21)10-5-7-20(8-6-10)16(22)19-12-2-3-12/h1,4,9-10,12H,2-3,5-8H2,(H,19,22). The van der Waals surface area contributed by atoms with Crippen molar-refractivity contribution in [3.05, 3.63) is 35.4 Å². The van der Waals surface area contributed by atoms with Crippen molar-refractivity contribution in [2.24, 2.45) is 5.92 Å². The Bertz CT molecular complexity index is 596. The molecule has 1 aliphatic heterocycles. The van der Waals surface area contributed by atoms with Gasteiger partial charge in [0, 0.05) is 25.0 Å². The van der Waals surface area contributed by atoms with Crippen molar-refractivity contribution in [1.29, 1.82) is 0 Å². The summed E-state index contributed by atoms with van der Waals surface area (Å²) in [7, 11) is 0. The second-order valence-electron chi connectivity index (χ2n) is 5.97. The van der Waals surface area contributed by atoms with E-state index in [9.17, 15) is 13.6 Å². The van der Waals surface area contributed by atoms with E-state index >= 15 is 0 Å². The number of hydrogen-bond acceptors (Lipinski definition) is 2. The quantitative estimate of drug-likeness (QED) is 0.684. The van der Waals surface area contributed by atoms with Crippen molar-refractivity contribution >= 4 is 23.1 Å². The first-order valence-electron chi connectivity index (χ1n) is 7.59. The van der Waals surface area contributed by atoms with E-state index in [1.807, 2.05) is 0 Å². The van der Waals surface area contributed by atoms with Gasteiger partial charge in [0.15, 0.2) is 10.9 Å². The molecule has 2 aliphatic rings. The fourth-order valence-corrected chi connectivity index (χ4v) is 3.09. The molecule has 2 fully saturated rings. The Morgan fingerprint density at radius 3 is 2.50 bits per heavy atom. The van der Waals surface area contributed by atoms with Gasteiger partial charge in [0.25, 0.3) is 0 Å². The number of hydrogen-bond donors (Lipinski definition) is 1. The smallest absolute Gasteiger partial charge is 0.169 e. The summed E-state index contributed by atoms with van der Waals surface area (Å²) >= 11 is 5.35. The van der Waals surface area contributed by atoms with Crippen LogP contribution in [0.25, 0.3) is 0 Å². The van der Waals surface area contributed by atoms with Crippen LogP contribution in [-0.2, 0) is 0 Å². The van der Waals surface area contributed by atoms with E-state index in [0.717, 1.165) is 36.2 Å². The van der Waals surface area contributed by atoms with Crippen LogP contribution in [-0.4, -0.2) is 34.9 Å². The summed E-state index contributed by atoms with van der Waals surface area (Å²) < 4.78 is 26.9. The number of nitrogens with zero attached hydrogens (tertiary/aromatic N) is 1. The number of piperidine rings is 1. The highest BCUT2D eigenvalue weighted by Gasteiger charge is 2.30. The van der Waals surface area contributed by atoms with Crippen molar-refractivity contribution in [3.63, 3.8) is 0 Å². The number of nitrogens with one attached hydrogen (secondary N) is 1. The van der Waals surface area contributed by atoms with E-state index in [1.54, 1.807) is 0 Å². The molecule has 1 N–H and O–H groups in total. The van der Waals surface area contributed by atoms with E-state index in [4.69, 9.17) is 12.2 Å². The van der Waals surface area contributed by atoms with Crippen LogP contribution in [0.1, 0.15) is 36.0 Å². The predicted molar refractivity (Wildman–Crippen MR) is 83.7 cm³/mol. The van der Waals surface area contributed by atoms with Crippen LogP contribution in [0.4, 0.5) is 8.78 Å². The number of halogens is 2. The number of Topliss-reactive ketones (excluding diaryl/α,β-unsaturated/α-hetero) is 1. The first kappa shape index (κ1) is 15.3. The molecule has 0 spiro atoms. The van der Waals surface area contributed by atoms with Gasteiger partial charge < -0.3 is 10.2 Å². The SMILES string of the molecule is O=C(c1cc(F)ccc1F)C1CCN(C(=S)NC2CC2)CC1. The maximum atomic E-state index is 13.7. The number of ketones is 1.